The fraction of sp³-hybridized carbons (Fsp3) is 0.105. The van der Waals surface area contributed by atoms with Gasteiger partial charge in [0.2, 0.25) is 5.91 Å². The number of thioether (sulfide) groups is 1. The number of anilines is 2. The summed E-state index contributed by atoms with van der Waals surface area (Å²) in [5.74, 6) is -0.113. The van der Waals surface area contributed by atoms with E-state index in [4.69, 9.17) is 0 Å². The minimum Gasteiger partial charge on any atom is -0.349 e. The second-order valence-electron chi connectivity index (χ2n) is 5.39. The number of nitrogens with one attached hydrogen (secondary N) is 2. The molecule has 7 heteroatoms. The van der Waals surface area contributed by atoms with Crippen molar-refractivity contribution in [3.63, 3.8) is 0 Å². The van der Waals surface area contributed by atoms with Gasteiger partial charge >= 0.3 is 0 Å². The first kappa shape index (κ1) is 18.0. The predicted octanol–water partition coefficient (Wildman–Crippen LogP) is 4.92. The number of rotatable bonds is 5. The molecule has 0 fully saturated rings. The van der Waals surface area contributed by atoms with Crippen LogP contribution in [0.25, 0.3) is 15.8 Å². The zero-order valence-corrected chi connectivity index (χ0v) is 15.9. The van der Waals surface area contributed by atoms with Crippen molar-refractivity contribution in [2.45, 2.75) is 6.92 Å². The zero-order chi connectivity index (χ0) is 18.5. The van der Waals surface area contributed by atoms with E-state index in [1.807, 2.05) is 54.8 Å². The number of allylic oxidation sites excluding steroid dienone is 1. The molecule has 1 amide bonds. The molecule has 0 atom stereocenters. The predicted molar refractivity (Wildman–Crippen MR) is 110 cm³/mol. The first-order valence-electron chi connectivity index (χ1n) is 7.79. The molecule has 0 bridgehead atoms. The summed E-state index contributed by atoms with van der Waals surface area (Å²) in [4.78, 5) is 15.7. The molecule has 0 spiro atoms. The summed E-state index contributed by atoms with van der Waals surface area (Å²) < 4.78 is 1.05. The van der Waals surface area contributed by atoms with Crippen LogP contribution in [0.3, 0.4) is 0 Å². The molecule has 1 aromatic heterocycles. The molecular weight excluding hydrogens is 364 g/mol. The lowest BCUT2D eigenvalue weighted by atomic mass is 10.2. The van der Waals surface area contributed by atoms with E-state index >= 15 is 0 Å². The number of thiazole rings is 1. The van der Waals surface area contributed by atoms with Crippen molar-refractivity contribution in [2.75, 3.05) is 16.9 Å². The summed E-state index contributed by atoms with van der Waals surface area (Å²) in [5.41, 5.74) is 2.96. The number of aromatic nitrogens is 1. The van der Waals surface area contributed by atoms with Crippen LogP contribution in [0, 0.1) is 11.3 Å². The molecule has 3 rings (SSSR count). The fourth-order valence-electron chi connectivity index (χ4n) is 2.36. The van der Waals surface area contributed by atoms with Crippen LogP contribution in [-0.2, 0) is 4.79 Å². The maximum Gasteiger partial charge on any atom is 0.221 e. The number of carbonyl (C=O) groups is 1. The van der Waals surface area contributed by atoms with Gasteiger partial charge in [0, 0.05) is 18.3 Å². The summed E-state index contributed by atoms with van der Waals surface area (Å²) in [6.07, 6.45) is 1.92. The number of nitriles is 1. The van der Waals surface area contributed by atoms with Crippen LogP contribution < -0.4 is 10.6 Å². The third kappa shape index (κ3) is 4.04. The highest BCUT2D eigenvalue weighted by Gasteiger charge is 2.14. The summed E-state index contributed by atoms with van der Waals surface area (Å²) in [5, 5.41) is 17.1. The van der Waals surface area contributed by atoms with Gasteiger partial charge in [-0.3, -0.25) is 4.79 Å². The van der Waals surface area contributed by atoms with E-state index in [2.05, 4.69) is 21.7 Å². The smallest absolute Gasteiger partial charge is 0.221 e. The number of hydrogen-bond donors (Lipinski definition) is 2. The highest BCUT2D eigenvalue weighted by molar-refractivity contribution is 8.02. The number of amides is 1. The number of benzene rings is 2. The van der Waals surface area contributed by atoms with Gasteiger partial charge < -0.3 is 10.6 Å². The number of hydrogen-bond acceptors (Lipinski definition) is 6. The van der Waals surface area contributed by atoms with E-state index in [1.165, 1.54) is 30.0 Å². The van der Waals surface area contributed by atoms with Gasteiger partial charge in [-0.05, 0) is 42.7 Å². The van der Waals surface area contributed by atoms with Gasteiger partial charge in [0.1, 0.15) is 16.6 Å². The lowest BCUT2D eigenvalue weighted by Gasteiger charge is -2.11. The minimum absolute atomic E-state index is 0.113. The van der Waals surface area contributed by atoms with Gasteiger partial charge in [0.15, 0.2) is 0 Å². The van der Waals surface area contributed by atoms with Crippen molar-refractivity contribution in [3.05, 3.63) is 58.6 Å². The Labute approximate surface area is 159 Å². The van der Waals surface area contributed by atoms with Crippen LogP contribution in [0.5, 0.6) is 0 Å². The van der Waals surface area contributed by atoms with Gasteiger partial charge in [-0.15, -0.1) is 23.1 Å². The standard InChI is InChI=1S/C19H16N4OS2/c1-12(24)21-13-7-9-14(10-8-13)22-18(25-2)15(11-20)19-23-16-5-3-4-6-17(16)26-19/h3-10,22H,1-2H3,(H,21,24). The topological polar surface area (TPSA) is 77.8 Å². The zero-order valence-electron chi connectivity index (χ0n) is 14.2. The number of carbonyl (C=O) groups excluding carboxylic acids is 1. The Balaban J connectivity index is 1.91. The van der Waals surface area contributed by atoms with Crippen LogP contribution in [0.4, 0.5) is 11.4 Å². The van der Waals surface area contributed by atoms with Crippen molar-refractivity contribution in [2.24, 2.45) is 0 Å². The molecule has 0 aliphatic rings. The van der Waals surface area contributed by atoms with Gasteiger partial charge in [-0.25, -0.2) is 4.98 Å². The summed E-state index contributed by atoms with van der Waals surface area (Å²) >= 11 is 2.96. The van der Waals surface area contributed by atoms with Crippen molar-refractivity contribution in [1.29, 1.82) is 5.26 Å². The van der Waals surface area contributed by atoms with Crippen LogP contribution in [-0.4, -0.2) is 17.1 Å². The molecular formula is C19H16N4OS2. The Hall–Kier alpha value is -2.82. The first-order valence-corrected chi connectivity index (χ1v) is 9.84. The van der Waals surface area contributed by atoms with E-state index in [0.29, 0.717) is 10.6 Å². The number of nitrogens with zero attached hydrogens (tertiary/aromatic N) is 2. The van der Waals surface area contributed by atoms with E-state index in [-0.39, 0.29) is 5.91 Å². The molecule has 0 radical (unpaired) electrons. The lowest BCUT2D eigenvalue weighted by Crippen LogP contribution is -2.05. The highest BCUT2D eigenvalue weighted by Crippen LogP contribution is 2.32. The minimum atomic E-state index is -0.113. The molecule has 0 aliphatic heterocycles. The molecule has 0 saturated carbocycles. The Morgan fingerprint density at radius 2 is 1.77 bits per heavy atom. The largest absolute Gasteiger partial charge is 0.349 e. The van der Waals surface area contributed by atoms with Crippen LogP contribution in [0.1, 0.15) is 11.9 Å². The molecule has 0 aliphatic carbocycles. The molecule has 0 saturated heterocycles. The third-order valence-corrected chi connectivity index (χ3v) is 5.28. The maximum atomic E-state index is 11.1. The van der Waals surface area contributed by atoms with Gasteiger partial charge in [-0.2, -0.15) is 5.26 Å². The van der Waals surface area contributed by atoms with Crippen LogP contribution in [0.15, 0.2) is 53.6 Å². The molecule has 26 heavy (non-hydrogen) atoms. The van der Waals surface area contributed by atoms with Crippen LogP contribution in [0.2, 0.25) is 0 Å². The van der Waals surface area contributed by atoms with Crippen molar-refractivity contribution in [1.82, 2.24) is 4.98 Å². The first-order chi connectivity index (χ1) is 12.6. The maximum absolute atomic E-state index is 11.1. The average molecular weight is 380 g/mol. The van der Waals surface area contributed by atoms with E-state index < -0.39 is 0 Å². The van der Waals surface area contributed by atoms with Gasteiger partial charge in [-0.1, -0.05) is 12.1 Å². The molecule has 0 unspecified atom stereocenters. The Morgan fingerprint density at radius 1 is 1.12 bits per heavy atom. The summed E-state index contributed by atoms with van der Waals surface area (Å²) in [6, 6.07) is 17.4. The van der Waals surface area contributed by atoms with Crippen LogP contribution >= 0.6 is 23.1 Å². The molecule has 1 heterocycles. The Bertz CT molecular complexity index is 983. The fourth-order valence-corrected chi connectivity index (χ4v) is 3.96. The van der Waals surface area contributed by atoms with Crippen molar-refractivity contribution < 1.29 is 4.79 Å². The van der Waals surface area contributed by atoms with E-state index in [9.17, 15) is 10.1 Å². The van der Waals surface area contributed by atoms with E-state index in [0.717, 1.165) is 26.6 Å². The molecule has 5 nitrogen and oxygen atoms in total. The summed E-state index contributed by atoms with van der Waals surface area (Å²) in [6.45, 7) is 1.47. The SMILES string of the molecule is CSC(Nc1ccc(NC(C)=O)cc1)=C(C#N)c1nc2ccccc2s1. The Kier molecular flexibility index (Phi) is 5.56. The highest BCUT2D eigenvalue weighted by atomic mass is 32.2. The molecule has 2 N–H and O–H groups in total. The number of fused-ring (bicyclic) bond motifs is 1. The Morgan fingerprint density at radius 3 is 2.35 bits per heavy atom. The monoisotopic (exact) mass is 380 g/mol. The summed E-state index contributed by atoms with van der Waals surface area (Å²) in [7, 11) is 0. The second kappa shape index (κ2) is 8.04. The number of para-hydroxylation sites is 1. The van der Waals surface area contributed by atoms with Gasteiger partial charge in [0.25, 0.3) is 0 Å². The molecule has 130 valence electrons. The second-order valence-corrected chi connectivity index (χ2v) is 7.24. The molecule has 2 aromatic carbocycles. The van der Waals surface area contributed by atoms with Crippen molar-refractivity contribution >= 4 is 56.2 Å². The molecule has 3 aromatic rings. The lowest BCUT2D eigenvalue weighted by molar-refractivity contribution is -0.114. The quantitative estimate of drug-likeness (QED) is 0.614. The van der Waals surface area contributed by atoms with Gasteiger partial charge in [0.05, 0.1) is 15.2 Å². The normalized spacial score (nSPS) is 11.6. The van der Waals surface area contributed by atoms with E-state index in [1.54, 1.807) is 0 Å². The third-order valence-electron chi connectivity index (χ3n) is 3.51. The average Bonchev–Trinajstić information content (AvgIpc) is 3.06. The van der Waals surface area contributed by atoms with Crippen molar-refractivity contribution in [3.8, 4) is 6.07 Å².